The van der Waals surface area contributed by atoms with E-state index in [1.165, 1.54) is 12.1 Å². The topological polar surface area (TPSA) is 55.4 Å². The van der Waals surface area contributed by atoms with Crippen LogP contribution < -0.4 is 5.32 Å². The molecule has 5 aromatic rings. The van der Waals surface area contributed by atoms with Crippen molar-refractivity contribution in [2.45, 2.75) is 26.7 Å². The molecule has 2 aromatic carbocycles. The Morgan fingerprint density at radius 2 is 1.69 bits per heavy atom. The van der Waals surface area contributed by atoms with Gasteiger partial charge in [-0.05, 0) is 66.6 Å². The van der Waals surface area contributed by atoms with Gasteiger partial charge in [-0.15, -0.1) is 0 Å². The fraction of sp³-hybridized carbons (Fsp3) is 0.154. The summed E-state index contributed by atoms with van der Waals surface area (Å²) in [6, 6.07) is 18.5. The number of hydrogen-bond donors (Lipinski definition) is 1. The molecule has 0 unspecified atom stereocenters. The average molecular weight is 426 g/mol. The number of imidazole rings is 1. The maximum atomic E-state index is 13.5. The van der Waals surface area contributed by atoms with E-state index in [0.717, 1.165) is 45.3 Å². The average Bonchev–Trinajstić information content (AvgIpc) is 3.39. The maximum absolute atomic E-state index is 13.5. The summed E-state index contributed by atoms with van der Waals surface area (Å²) in [7, 11) is 0. The van der Waals surface area contributed by atoms with Gasteiger partial charge in [-0.2, -0.15) is 0 Å². The van der Waals surface area contributed by atoms with Crippen LogP contribution in [0, 0.1) is 12.7 Å². The second-order valence-corrected chi connectivity index (χ2v) is 8.07. The number of nitrogens with one attached hydrogen (secondary N) is 1. The van der Waals surface area contributed by atoms with E-state index in [0.29, 0.717) is 5.89 Å². The molecule has 0 radical (unpaired) electrons. The molecule has 0 atom stereocenters. The molecule has 1 N–H and O–H groups in total. The SMILES string of the molecule is Cc1ncc(-c2ccc(Nc3cccn4c(C(C)C)c(-c5ccc(F)cc5)nc34)cc2)o1. The van der Waals surface area contributed by atoms with Gasteiger partial charge in [-0.3, -0.25) is 0 Å². The molecule has 32 heavy (non-hydrogen) atoms. The number of aromatic nitrogens is 3. The maximum Gasteiger partial charge on any atom is 0.191 e. The summed E-state index contributed by atoms with van der Waals surface area (Å²) in [6.45, 7) is 6.11. The van der Waals surface area contributed by atoms with Crippen molar-refractivity contribution >= 4 is 17.0 Å². The van der Waals surface area contributed by atoms with E-state index in [2.05, 4.69) is 28.5 Å². The summed E-state index contributed by atoms with van der Waals surface area (Å²) in [4.78, 5) is 9.11. The minimum absolute atomic E-state index is 0.241. The molecule has 0 amide bonds. The summed E-state index contributed by atoms with van der Waals surface area (Å²) in [6.07, 6.45) is 3.75. The van der Waals surface area contributed by atoms with Crippen LogP contribution in [-0.2, 0) is 0 Å². The van der Waals surface area contributed by atoms with Crippen molar-refractivity contribution in [1.82, 2.24) is 14.4 Å². The molecule has 3 aromatic heterocycles. The Balaban J connectivity index is 1.53. The van der Waals surface area contributed by atoms with Gasteiger partial charge in [0.15, 0.2) is 17.3 Å². The Hall–Kier alpha value is -3.93. The molecule has 5 rings (SSSR count). The Kier molecular flexibility index (Phi) is 4.98. The summed E-state index contributed by atoms with van der Waals surface area (Å²) < 4.78 is 21.2. The van der Waals surface area contributed by atoms with E-state index in [9.17, 15) is 4.39 Å². The summed E-state index contributed by atoms with van der Waals surface area (Å²) >= 11 is 0. The van der Waals surface area contributed by atoms with Crippen LogP contribution >= 0.6 is 0 Å². The molecule has 5 nitrogen and oxygen atoms in total. The second kappa shape index (κ2) is 7.96. The third-order valence-electron chi connectivity index (χ3n) is 5.42. The van der Waals surface area contributed by atoms with Crippen molar-refractivity contribution in [2.24, 2.45) is 0 Å². The predicted octanol–water partition coefficient (Wildman–Crippen LogP) is 6.97. The van der Waals surface area contributed by atoms with Gasteiger partial charge in [0.05, 0.1) is 23.3 Å². The largest absolute Gasteiger partial charge is 0.441 e. The van der Waals surface area contributed by atoms with Crippen LogP contribution in [0.4, 0.5) is 15.8 Å². The lowest BCUT2D eigenvalue weighted by Crippen LogP contribution is -1.99. The van der Waals surface area contributed by atoms with E-state index in [4.69, 9.17) is 9.40 Å². The monoisotopic (exact) mass is 426 g/mol. The van der Waals surface area contributed by atoms with Gasteiger partial charge in [-0.1, -0.05) is 13.8 Å². The van der Waals surface area contributed by atoms with Gasteiger partial charge < -0.3 is 14.1 Å². The first-order valence-electron chi connectivity index (χ1n) is 10.6. The predicted molar refractivity (Wildman–Crippen MR) is 125 cm³/mol. The molecular weight excluding hydrogens is 403 g/mol. The Bertz CT molecular complexity index is 1380. The van der Waals surface area contributed by atoms with E-state index in [1.54, 1.807) is 18.3 Å². The summed E-state index contributed by atoms with van der Waals surface area (Å²) in [5.74, 6) is 1.38. The lowest BCUT2D eigenvalue weighted by Gasteiger charge is -2.11. The first-order valence-corrected chi connectivity index (χ1v) is 10.6. The number of pyridine rings is 1. The van der Waals surface area contributed by atoms with Gasteiger partial charge >= 0.3 is 0 Å². The second-order valence-electron chi connectivity index (χ2n) is 8.07. The van der Waals surface area contributed by atoms with Gasteiger partial charge in [0, 0.05) is 29.9 Å². The number of fused-ring (bicyclic) bond motifs is 1. The van der Waals surface area contributed by atoms with Crippen LogP contribution in [0.2, 0.25) is 0 Å². The zero-order valence-electron chi connectivity index (χ0n) is 18.1. The number of anilines is 2. The number of oxazole rings is 1. The Morgan fingerprint density at radius 1 is 0.969 bits per heavy atom. The Morgan fingerprint density at radius 3 is 2.34 bits per heavy atom. The molecule has 0 aliphatic rings. The van der Waals surface area contributed by atoms with Crippen LogP contribution in [0.3, 0.4) is 0 Å². The Labute approximate surface area is 185 Å². The first kappa shape index (κ1) is 20.0. The minimum Gasteiger partial charge on any atom is -0.441 e. The van der Waals surface area contributed by atoms with Crippen LogP contribution in [-0.4, -0.2) is 14.4 Å². The molecule has 0 saturated carbocycles. The van der Waals surface area contributed by atoms with Crippen molar-refractivity contribution in [3.8, 4) is 22.6 Å². The van der Waals surface area contributed by atoms with Crippen LogP contribution in [0.5, 0.6) is 0 Å². The molecule has 0 bridgehead atoms. The lowest BCUT2D eigenvalue weighted by atomic mass is 10.0. The zero-order chi connectivity index (χ0) is 22.2. The molecule has 0 aliphatic carbocycles. The number of nitrogens with zero attached hydrogens (tertiary/aromatic N) is 3. The number of halogens is 1. The quantitative estimate of drug-likeness (QED) is 0.330. The highest BCUT2D eigenvalue weighted by molar-refractivity contribution is 5.79. The van der Waals surface area contributed by atoms with Crippen molar-refractivity contribution < 1.29 is 8.81 Å². The molecule has 0 spiro atoms. The van der Waals surface area contributed by atoms with E-state index >= 15 is 0 Å². The molecule has 0 fully saturated rings. The van der Waals surface area contributed by atoms with Crippen LogP contribution in [0.25, 0.3) is 28.2 Å². The lowest BCUT2D eigenvalue weighted by molar-refractivity contribution is 0.534. The molecule has 160 valence electrons. The third-order valence-corrected chi connectivity index (χ3v) is 5.42. The van der Waals surface area contributed by atoms with E-state index in [-0.39, 0.29) is 11.7 Å². The highest BCUT2D eigenvalue weighted by atomic mass is 19.1. The number of hydrogen-bond acceptors (Lipinski definition) is 4. The molecule has 3 heterocycles. The zero-order valence-corrected chi connectivity index (χ0v) is 18.1. The van der Waals surface area contributed by atoms with Crippen molar-refractivity contribution in [3.63, 3.8) is 0 Å². The fourth-order valence-corrected chi connectivity index (χ4v) is 3.92. The number of aryl methyl sites for hydroxylation is 1. The highest BCUT2D eigenvalue weighted by Gasteiger charge is 2.19. The van der Waals surface area contributed by atoms with Gasteiger partial charge in [0.25, 0.3) is 0 Å². The highest BCUT2D eigenvalue weighted by Crippen LogP contribution is 2.33. The smallest absolute Gasteiger partial charge is 0.191 e. The summed E-state index contributed by atoms with van der Waals surface area (Å²) in [5, 5.41) is 3.48. The van der Waals surface area contributed by atoms with Gasteiger partial charge in [-0.25, -0.2) is 14.4 Å². The van der Waals surface area contributed by atoms with Crippen molar-refractivity contribution in [2.75, 3.05) is 5.32 Å². The van der Waals surface area contributed by atoms with Crippen LogP contribution in [0.15, 0.2) is 77.5 Å². The molecule has 0 aliphatic heterocycles. The van der Waals surface area contributed by atoms with E-state index < -0.39 is 0 Å². The van der Waals surface area contributed by atoms with Gasteiger partial charge in [0.1, 0.15) is 5.82 Å². The van der Waals surface area contributed by atoms with Gasteiger partial charge in [0.2, 0.25) is 0 Å². The third kappa shape index (κ3) is 3.64. The first-order chi connectivity index (χ1) is 15.5. The molecular formula is C26H23FN4O. The van der Waals surface area contributed by atoms with Crippen LogP contribution in [0.1, 0.15) is 31.4 Å². The number of benzene rings is 2. The fourth-order valence-electron chi connectivity index (χ4n) is 3.92. The standard InChI is InChI=1S/C26H23FN4O/c1-16(2)25-24(19-6-10-20(27)11-7-19)30-26-22(5-4-14-31(25)26)29-21-12-8-18(9-13-21)23-15-28-17(3)32-23/h4-16,29H,1-3H3. The van der Waals surface area contributed by atoms with Crippen molar-refractivity contribution in [3.05, 3.63) is 90.5 Å². The summed E-state index contributed by atoms with van der Waals surface area (Å²) in [5.41, 5.74) is 6.48. The van der Waals surface area contributed by atoms with E-state index in [1.807, 2.05) is 49.5 Å². The minimum atomic E-state index is -0.255. The number of rotatable bonds is 5. The van der Waals surface area contributed by atoms with Crippen molar-refractivity contribution in [1.29, 1.82) is 0 Å². The normalized spacial score (nSPS) is 11.4. The molecule has 6 heteroatoms. The molecule has 0 saturated heterocycles.